The maximum atomic E-state index is 12.1. The van der Waals surface area contributed by atoms with E-state index in [0.717, 1.165) is 11.3 Å². The van der Waals surface area contributed by atoms with Gasteiger partial charge in [0, 0.05) is 12.1 Å². The Kier molecular flexibility index (Phi) is 4.43. The standard InChI is InChI=1S/C17H13N3O3S/c1-11-4-2-6-13(8-11)18-17-19-16(21)15(24-17)10-12-5-3-7-14(9-12)20(22)23/h2-10H,1H3,(H,18,19,21). The summed E-state index contributed by atoms with van der Waals surface area (Å²) in [5.74, 6) is -0.266. The minimum Gasteiger partial charge on any atom is -0.300 e. The van der Waals surface area contributed by atoms with Gasteiger partial charge < -0.3 is 5.32 Å². The zero-order chi connectivity index (χ0) is 17.1. The van der Waals surface area contributed by atoms with Gasteiger partial charge in [-0.15, -0.1) is 0 Å². The maximum absolute atomic E-state index is 12.1. The van der Waals surface area contributed by atoms with Crippen LogP contribution in [0.1, 0.15) is 11.1 Å². The van der Waals surface area contributed by atoms with Gasteiger partial charge in [0.2, 0.25) is 0 Å². The number of amides is 1. The summed E-state index contributed by atoms with van der Waals surface area (Å²) in [5, 5.41) is 14.0. The summed E-state index contributed by atoms with van der Waals surface area (Å²) >= 11 is 1.21. The summed E-state index contributed by atoms with van der Waals surface area (Å²) in [5.41, 5.74) is 2.42. The monoisotopic (exact) mass is 339 g/mol. The number of amidine groups is 1. The van der Waals surface area contributed by atoms with Crippen LogP contribution in [0.15, 0.2) is 58.4 Å². The smallest absolute Gasteiger partial charge is 0.270 e. The summed E-state index contributed by atoms with van der Waals surface area (Å²) in [6.07, 6.45) is 1.62. The molecular formula is C17H13N3O3S. The van der Waals surface area contributed by atoms with E-state index >= 15 is 0 Å². The zero-order valence-electron chi connectivity index (χ0n) is 12.7. The van der Waals surface area contributed by atoms with E-state index in [1.165, 1.54) is 23.9 Å². The summed E-state index contributed by atoms with van der Waals surface area (Å²) in [6.45, 7) is 1.97. The van der Waals surface area contributed by atoms with Crippen molar-refractivity contribution in [3.05, 3.63) is 74.7 Å². The lowest BCUT2D eigenvalue weighted by molar-refractivity contribution is -0.384. The predicted molar refractivity (Wildman–Crippen MR) is 95.1 cm³/mol. The molecule has 2 aromatic carbocycles. The number of carbonyl (C=O) groups excluding carboxylic acids is 1. The maximum Gasteiger partial charge on any atom is 0.270 e. The fourth-order valence-electron chi connectivity index (χ4n) is 2.17. The van der Waals surface area contributed by atoms with Crippen molar-refractivity contribution in [2.24, 2.45) is 4.99 Å². The van der Waals surface area contributed by atoms with Crippen LogP contribution in [0.2, 0.25) is 0 Å². The fourth-order valence-corrected chi connectivity index (χ4v) is 3.02. The van der Waals surface area contributed by atoms with Crippen LogP contribution in [0, 0.1) is 17.0 Å². The third-order valence-electron chi connectivity index (χ3n) is 3.26. The molecule has 1 heterocycles. The van der Waals surface area contributed by atoms with Crippen LogP contribution in [0.4, 0.5) is 11.4 Å². The minimum absolute atomic E-state index is 0.0126. The van der Waals surface area contributed by atoms with Crippen LogP contribution in [0.5, 0.6) is 0 Å². The topological polar surface area (TPSA) is 84.6 Å². The quantitative estimate of drug-likeness (QED) is 0.524. The van der Waals surface area contributed by atoms with Crippen molar-refractivity contribution in [2.75, 3.05) is 0 Å². The lowest BCUT2D eigenvalue weighted by atomic mass is 10.2. The van der Waals surface area contributed by atoms with Gasteiger partial charge in [0.1, 0.15) is 0 Å². The SMILES string of the molecule is Cc1cccc(N=C2NC(=O)C(=Cc3cccc([N+](=O)[O-])c3)S2)c1. The highest BCUT2D eigenvalue weighted by Crippen LogP contribution is 2.28. The molecule has 120 valence electrons. The third-order valence-corrected chi connectivity index (χ3v) is 4.17. The molecule has 2 aromatic rings. The molecule has 6 nitrogen and oxygen atoms in total. The van der Waals surface area contributed by atoms with Gasteiger partial charge in [0.05, 0.1) is 15.5 Å². The number of benzene rings is 2. The summed E-state index contributed by atoms with van der Waals surface area (Å²) in [7, 11) is 0. The number of carbonyl (C=O) groups is 1. The van der Waals surface area contributed by atoms with Crippen molar-refractivity contribution < 1.29 is 9.72 Å². The Hall–Kier alpha value is -2.93. The lowest BCUT2D eigenvalue weighted by Crippen LogP contribution is -2.19. The van der Waals surface area contributed by atoms with Gasteiger partial charge in [-0.1, -0.05) is 24.3 Å². The fraction of sp³-hybridized carbons (Fsp3) is 0.0588. The summed E-state index contributed by atoms with van der Waals surface area (Å²) in [6, 6.07) is 13.8. The molecule has 0 spiro atoms. The van der Waals surface area contributed by atoms with Gasteiger partial charge in [-0.25, -0.2) is 4.99 Å². The molecule has 7 heteroatoms. The predicted octanol–water partition coefficient (Wildman–Crippen LogP) is 3.79. The molecule has 1 saturated heterocycles. The number of non-ortho nitro benzene ring substituents is 1. The second-order valence-electron chi connectivity index (χ2n) is 5.17. The van der Waals surface area contributed by atoms with Crippen LogP contribution in [-0.2, 0) is 4.79 Å². The number of nitrogens with one attached hydrogen (secondary N) is 1. The molecule has 1 fully saturated rings. The Balaban J connectivity index is 1.84. The molecule has 3 rings (SSSR count). The van der Waals surface area contributed by atoms with Crippen molar-refractivity contribution in [1.82, 2.24) is 5.32 Å². The van der Waals surface area contributed by atoms with Crippen LogP contribution >= 0.6 is 11.8 Å². The molecule has 0 aliphatic carbocycles. The average Bonchev–Trinajstić information content (AvgIpc) is 2.87. The van der Waals surface area contributed by atoms with Crippen molar-refractivity contribution in [2.45, 2.75) is 6.92 Å². The first-order valence-electron chi connectivity index (χ1n) is 7.12. The van der Waals surface area contributed by atoms with Gasteiger partial charge in [-0.2, -0.15) is 0 Å². The van der Waals surface area contributed by atoms with Crippen LogP contribution in [0.25, 0.3) is 6.08 Å². The van der Waals surface area contributed by atoms with Gasteiger partial charge in [-0.05, 0) is 48.0 Å². The molecule has 0 atom stereocenters. The Labute approximate surface area is 142 Å². The van der Waals surface area contributed by atoms with Crippen molar-refractivity contribution in [3.63, 3.8) is 0 Å². The molecule has 1 amide bonds. The first-order chi connectivity index (χ1) is 11.5. The lowest BCUT2D eigenvalue weighted by Gasteiger charge is -1.97. The second-order valence-corrected chi connectivity index (χ2v) is 6.20. The Morgan fingerprint density at radius 3 is 2.75 bits per heavy atom. The number of nitrogens with zero attached hydrogens (tertiary/aromatic N) is 2. The van der Waals surface area contributed by atoms with Crippen molar-refractivity contribution in [1.29, 1.82) is 0 Å². The van der Waals surface area contributed by atoms with Gasteiger partial charge >= 0.3 is 0 Å². The number of thioether (sulfide) groups is 1. The molecule has 0 unspecified atom stereocenters. The highest BCUT2D eigenvalue weighted by Gasteiger charge is 2.24. The number of nitro groups is 1. The third kappa shape index (κ3) is 3.69. The Morgan fingerprint density at radius 1 is 1.21 bits per heavy atom. The van der Waals surface area contributed by atoms with Crippen LogP contribution in [-0.4, -0.2) is 16.0 Å². The van der Waals surface area contributed by atoms with E-state index in [1.54, 1.807) is 18.2 Å². The van der Waals surface area contributed by atoms with E-state index in [9.17, 15) is 14.9 Å². The van der Waals surface area contributed by atoms with E-state index in [0.29, 0.717) is 15.6 Å². The van der Waals surface area contributed by atoms with E-state index in [2.05, 4.69) is 10.3 Å². The first-order valence-corrected chi connectivity index (χ1v) is 7.93. The van der Waals surface area contributed by atoms with Gasteiger partial charge in [0.15, 0.2) is 5.17 Å². The number of aryl methyl sites for hydroxylation is 1. The number of rotatable bonds is 3. The number of hydrogen-bond acceptors (Lipinski definition) is 5. The largest absolute Gasteiger partial charge is 0.300 e. The zero-order valence-corrected chi connectivity index (χ0v) is 13.5. The molecule has 1 aliphatic rings. The molecule has 0 bridgehead atoms. The highest BCUT2D eigenvalue weighted by atomic mass is 32.2. The molecule has 1 N–H and O–H groups in total. The number of nitro benzene ring substituents is 1. The first kappa shape index (κ1) is 15.9. The molecule has 1 aliphatic heterocycles. The summed E-state index contributed by atoms with van der Waals surface area (Å²) in [4.78, 5) is 27.3. The Bertz CT molecular complexity index is 890. The molecular weight excluding hydrogens is 326 g/mol. The van der Waals surface area contributed by atoms with Crippen molar-refractivity contribution in [3.8, 4) is 0 Å². The van der Waals surface area contributed by atoms with E-state index < -0.39 is 4.92 Å². The molecule has 0 radical (unpaired) electrons. The van der Waals surface area contributed by atoms with Gasteiger partial charge in [0.25, 0.3) is 11.6 Å². The number of hydrogen-bond donors (Lipinski definition) is 1. The number of aliphatic imine (C=N–C) groups is 1. The molecule has 0 saturated carbocycles. The minimum atomic E-state index is -0.464. The van der Waals surface area contributed by atoms with E-state index in [-0.39, 0.29) is 11.6 Å². The normalized spacial score (nSPS) is 17.3. The highest BCUT2D eigenvalue weighted by molar-refractivity contribution is 8.18. The van der Waals surface area contributed by atoms with Crippen LogP contribution < -0.4 is 5.32 Å². The molecule has 24 heavy (non-hydrogen) atoms. The van der Waals surface area contributed by atoms with Crippen LogP contribution in [0.3, 0.4) is 0 Å². The summed E-state index contributed by atoms with van der Waals surface area (Å²) < 4.78 is 0. The van der Waals surface area contributed by atoms with Gasteiger partial charge in [-0.3, -0.25) is 14.9 Å². The van der Waals surface area contributed by atoms with E-state index in [4.69, 9.17) is 0 Å². The van der Waals surface area contributed by atoms with Crippen molar-refractivity contribution >= 4 is 40.3 Å². The average molecular weight is 339 g/mol. The Morgan fingerprint density at radius 2 is 2.00 bits per heavy atom. The second kappa shape index (κ2) is 6.67. The van der Waals surface area contributed by atoms with E-state index in [1.807, 2.05) is 31.2 Å². The molecule has 0 aromatic heterocycles.